The summed E-state index contributed by atoms with van der Waals surface area (Å²) in [5, 5.41) is 0. The van der Waals surface area contributed by atoms with Gasteiger partial charge in [-0.15, -0.1) is 0 Å². The Balaban J connectivity index is 1.18. The molecule has 0 radical (unpaired) electrons. The number of hydrogen-bond acceptors (Lipinski definition) is 8. The third-order valence-corrected chi connectivity index (χ3v) is 7.18. The molecule has 228 valence electrons. The third kappa shape index (κ3) is 7.11. The number of esters is 2. The van der Waals surface area contributed by atoms with E-state index in [1.54, 1.807) is 68.4 Å². The predicted molar refractivity (Wildman–Crippen MR) is 160 cm³/mol. The zero-order valence-electron chi connectivity index (χ0n) is 24.2. The molecule has 4 N–H and O–H groups in total. The molecular weight excluding hydrogens is 570 g/mol. The summed E-state index contributed by atoms with van der Waals surface area (Å²) in [5.74, 6) is -3.67. The van der Waals surface area contributed by atoms with Crippen molar-refractivity contribution >= 4 is 17.6 Å². The molecule has 1 heterocycles. The molecule has 5 rings (SSSR count). The molecule has 1 fully saturated rings. The van der Waals surface area contributed by atoms with Crippen molar-refractivity contribution in [2.24, 2.45) is 5.73 Å². The highest BCUT2D eigenvalue weighted by Crippen LogP contribution is 2.30. The van der Waals surface area contributed by atoms with Crippen molar-refractivity contribution in [3.63, 3.8) is 0 Å². The first-order valence-corrected chi connectivity index (χ1v) is 14.0. The van der Waals surface area contributed by atoms with Crippen LogP contribution in [0.3, 0.4) is 0 Å². The largest absolute Gasteiger partial charge is 0.459 e. The molecule has 8 nitrogen and oxygen atoms in total. The number of hydrogen-bond donors (Lipinski definition) is 2. The van der Waals surface area contributed by atoms with Crippen molar-refractivity contribution in [3.8, 4) is 22.3 Å². The number of halogens is 2. The lowest BCUT2D eigenvalue weighted by molar-refractivity contribution is -0.151. The summed E-state index contributed by atoms with van der Waals surface area (Å²) < 4.78 is 51.9. The quantitative estimate of drug-likeness (QED) is 0.180. The van der Waals surface area contributed by atoms with Gasteiger partial charge in [0.15, 0.2) is 5.79 Å². The van der Waals surface area contributed by atoms with Gasteiger partial charge in [0, 0.05) is 17.8 Å². The average molecular weight is 603 g/mol. The highest BCUT2D eigenvalue weighted by atomic mass is 19.1. The molecule has 0 saturated carbocycles. The Morgan fingerprint density at radius 1 is 0.750 bits per heavy atom. The van der Waals surface area contributed by atoms with E-state index in [-0.39, 0.29) is 30.9 Å². The fourth-order valence-corrected chi connectivity index (χ4v) is 4.91. The first-order chi connectivity index (χ1) is 21.0. The molecule has 1 aliphatic heterocycles. The van der Waals surface area contributed by atoms with Gasteiger partial charge in [-0.25, -0.2) is 18.4 Å². The Morgan fingerprint density at radius 2 is 1.34 bits per heavy atom. The van der Waals surface area contributed by atoms with E-state index in [2.05, 4.69) is 0 Å². The molecule has 0 bridgehead atoms. The Labute approximate surface area is 253 Å². The predicted octanol–water partition coefficient (Wildman–Crippen LogP) is 5.87. The van der Waals surface area contributed by atoms with E-state index in [0.29, 0.717) is 27.9 Å². The number of benzene rings is 4. The van der Waals surface area contributed by atoms with Crippen LogP contribution in [-0.2, 0) is 25.5 Å². The van der Waals surface area contributed by atoms with Crippen LogP contribution in [0.5, 0.6) is 0 Å². The molecule has 0 aliphatic carbocycles. The summed E-state index contributed by atoms with van der Waals surface area (Å²) >= 11 is 0. The first-order valence-electron chi connectivity index (χ1n) is 14.0. The topological polar surface area (TPSA) is 123 Å². The summed E-state index contributed by atoms with van der Waals surface area (Å²) in [7, 11) is 0. The van der Waals surface area contributed by atoms with Crippen LogP contribution in [0.1, 0.15) is 40.1 Å². The standard InChI is InChI=1S/C34H32F2N2O6/c1-34(2)43-30(18-41-32(39)23-6-4-22(5-7-23)26-13-3-20(17-37)15-28(26)35)31(44-34)19-42-33(40)27-14-10-24(16-29(27)36)21-8-11-25(38)12-9-21/h3-16,30-31H,17-19,37-38H2,1-2H3/t30-,31-/m1/s1. The molecule has 4 aromatic rings. The second-order valence-corrected chi connectivity index (χ2v) is 10.8. The van der Waals surface area contributed by atoms with Crippen LogP contribution in [0, 0.1) is 11.6 Å². The van der Waals surface area contributed by atoms with Crippen molar-refractivity contribution in [2.45, 2.75) is 38.4 Å². The second kappa shape index (κ2) is 12.9. The van der Waals surface area contributed by atoms with Gasteiger partial charge in [0.2, 0.25) is 0 Å². The van der Waals surface area contributed by atoms with Crippen LogP contribution in [0.25, 0.3) is 22.3 Å². The van der Waals surface area contributed by atoms with Gasteiger partial charge < -0.3 is 30.4 Å². The minimum atomic E-state index is -1.04. The lowest BCUT2D eigenvalue weighted by Gasteiger charge is -2.17. The van der Waals surface area contributed by atoms with E-state index in [1.807, 2.05) is 0 Å². The highest BCUT2D eigenvalue weighted by molar-refractivity contribution is 5.91. The zero-order chi connectivity index (χ0) is 31.4. The van der Waals surface area contributed by atoms with Crippen LogP contribution in [0.4, 0.5) is 14.5 Å². The molecule has 4 aromatic carbocycles. The minimum Gasteiger partial charge on any atom is -0.459 e. The fourth-order valence-electron chi connectivity index (χ4n) is 4.91. The van der Waals surface area contributed by atoms with Gasteiger partial charge in [0.25, 0.3) is 0 Å². The van der Waals surface area contributed by atoms with Crippen LogP contribution in [0.2, 0.25) is 0 Å². The summed E-state index contributed by atoms with van der Waals surface area (Å²) in [6.45, 7) is 3.14. The Morgan fingerprint density at radius 3 is 1.93 bits per heavy atom. The highest BCUT2D eigenvalue weighted by Gasteiger charge is 2.42. The number of nitrogen functional groups attached to an aromatic ring is 1. The van der Waals surface area contributed by atoms with Crippen LogP contribution in [0.15, 0.2) is 84.9 Å². The van der Waals surface area contributed by atoms with Gasteiger partial charge in [-0.2, -0.15) is 0 Å². The molecule has 44 heavy (non-hydrogen) atoms. The van der Waals surface area contributed by atoms with E-state index >= 15 is 0 Å². The fraction of sp³-hybridized carbons (Fsp3) is 0.235. The average Bonchev–Trinajstić information content (AvgIpc) is 3.31. The van der Waals surface area contributed by atoms with E-state index < -0.39 is 41.6 Å². The normalized spacial score (nSPS) is 17.3. The van der Waals surface area contributed by atoms with Crippen molar-refractivity contribution in [1.82, 2.24) is 0 Å². The molecule has 0 spiro atoms. The third-order valence-electron chi connectivity index (χ3n) is 7.18. The second-order valence-electron chi connectivity index (χ2n) is 10.8. The van der Waals surface area contributed by atoms with Gasteiger partial charge in [-0.05, 0) is 78.6 Å². The van der Waals surface area contributed by atoms with Crippen LogP contribution in [-0.4, -0.2) is 43.1 Å². The Bertz CT molecular complexity index is 1660. The maximum absolute atomic E-state index is 14.8. The molecule has 1 aliphatic rings. The first kappa shape index (κ1) is 30.8. The summed E-state index contributed by atoms with van der Waals surface area (Å²) in [5.41, 5.74) is 14.9. The lowest BCUT2D eigenvalue weighted by atomic mass is 10.0. The minimum absolute atomic E-state index is 0.188. The van der Waals surface area contributed by atoms with Crippen molar-refractivity contribution in [2.75, 3.05) is 18.9 Å². The van der Waals surface area contributed by atoms with Gasteiger partial charge >= 0.3 is 11.9 Å². The maximum atomic E-state index is 14.8. The smallest absolute Gasteiger partial charge is 0.341 e. The van der Waals surface area contributed by atoms with Gasteiger partial charge in [0.1, 0.15) is 37.1 Å². The van der Waals surface area contributed by atoms with Gasteiger partial charge in [0.05, 0.1) is 11.1 Å². The van der Waals surface area contributed by atoms with E-state index in [0.717, 1.165) is 5.56 Å². The molecule has 0 unspecified atom stereocenters. The van der Waals surface area contributed by atoms with Crippen LogP contribution < -0.4 is 11.5 Å². The van der Waals surface area contributed by atoms with Crippen molar-refractivity contribution < 1.29 is 37.3 Å². The zero-order valence-corrected chi connectivity index (χ0v) is 24.2. The molecule has 10 heteroatoms. The molecular formula is C34H32F2N2O6. The monoisotopic (exact) mass is 602 g/mol. The lowest BCUT2D eigenvalue weighted by Crippen LogP contribution is -2.33. The van der Waals surface area contributed by atoms with Crippen LogP contribution >= 0.6 is 0 Å². The number of anilines is 1. The number of rotatable bonds is 9. The van der Waals surface area contributed by atoms with Crippen molar-refractivity contribution in [3.05, 3.63) is 113 Å². The molecule has 1 saturated heterocycles. The number of carbonyl (C=O) groups is 2. The summed E-state index contributed by atoms with van der Waals surface area (Å²) in [6.07, 6.45) is -1.53. The van der Waals surface area contributed by atoms with Gasteiger partial charge in [-0.1, -0.05) is 42.5 Å². The number of nitrogens with two attached hydrogens (primary N) is 2. The molecule has 0 amide bonds. The summed E-state index contributed by atoms with van der Waals surface area (Å²) in [6, 6.07) is 22.2. The van der Waals surface area contributed by atoms with Crippen molar-refractivity contribution in [1.29, 1.82) is 0 Å². The Hall–Kier alpha value is -4.64. The SMILES string of the molecule is CC1(C)O[C@H](COC(=O)c2ccc(-c3ccc(CN)cc3F)cc2)[C@@H](COC(=O)c2ccc(-c3ccc(N)cc3)cc2F)O1. The maximum Gasteiger partial charge on any atom is 0.341 e. The number of carbonyl (C=O) groups excluding carboxylic acids is 2. The number of ether oxygens (including phenoxy) is 4. The molecule has 0 aromatic heterocycles. The van der Waals surface area contributed by atoms with E-state index in [1.165, 1.54) is 30.3 Å². The van der Waals surface area contributed by atoms with E-state index in [4.69, 9.17) is 30.4 Å². The molecule has 2 atom stereocenters. The van der Waals surface area contributed by atoms with Gasteiger partial charge in [-0.3, -0.25) is 0 Å². The van der Waals surface area contributed by atoms with E-state index in [9.17, 15) is 18.4 Å². The summed E-state index contributed by atoms with van der Waals surface area (Å²) in [4.78, 5) is 25.5. The Kier molecular flexibility index (Phi) is 9.05.